The van der Waals surface area contributed by atoms with E-state index in [0.29, 0.717) is 32.6 Å². The van der Waals surface area contributed by atoms with Crippen molar-refractivity contribution in [2.45, 2.75) is 39.2 Å². The first-order valence-electron chi connectivity index (χ1n) is 9.22. The van der Waals surface area contributed by atoms with Crippen molar-refractivity contribution in [1.82, 2.24) is 15.1 Å². The molecule has 2 heterocycles. The molecule has 1 N–H and O–H groups in total. The van der Waals surface area contributed by atoms with Crippen molar-refractivity contribution in [3.05, 3.63) is 35.4 Å². The van der Waals surface area contributed by atoms with Gasteiger partial charge in [0.25, 0.3) is 0 Å². The number of carbonyl (C=O) groups excluding carboxylic acids is 2. The first kappa shape index (κ1) is 18.6. The second kappa shape index (κ2) is 7.60. The average molecular weight is 365 g/mol. The summed E-state index contributed by atoms with van der Waals surface area (Å²) in [6.07, 6.45) is 3.00. The number of likely N-dealkylation sites (tertiary alicyclic amines) is 2. The van der Waals surface area contributed by atoms with Gasteiger partial charge in [-0.1, -0.05) is 19.1 Å². The van der Waals surface area contributed by atoms with Crippen molar-refractivity contribution < 1.29 is 18.4 Å². The molecule has 0 saturated carbocycles. The van der Waals surface area contributed by atoms with E-state index >= 15 is 0 Å². The molecular weight excluding hydrogens is 340 g/mol. The summed E-state index contributed by atoms with van der Waals surface area (Å²) >= 11 is 0. The Labute approximate surface area is 152 Å². The summed E-state index contributed by atoms with van der Waals surface area (Å²) in [6, 6.07) is 3.89. The predicted octanol–water partition coefficient (Wildman–Crippen LogP) is 2.90. The van der Waals surface area contributed by atoms with Gasteiger partial charge < -0.3 is 15.1 Å². The summed E-state index contributed by atoms with van der Waals surface area (Å²) in [5.41, 5.74) is -0.406. The number of piperidine rings is 1. The fraction of sp³-hybridized carbons (Fsp3) is 0.579. The van der Waals surface area contributed by atoms with Crippen molar-refractivity contribution in [2.24, 2.45) is 5.41 Å². The van der Waals surface area contributed by atoms with Crippen LogP contribution in [0.1, 0.15) is 38.2 Å². The molecule has 2 saturated heterocycles. The molecule has 2 fully saturated rings. The number of hydrogen-bond acceptors (Lipinski definition) is 2. The van der Waals surface area contributed by atoms with E-state index in [4.69, 9.17) is 0 Å². The minimum absolute atomic E-state index is 0.0572. The van der Waals surface area contributed by atoms with Gasteiger partial charge in [-0.25, -0.2) is 13.6 Å². The van der Waals surface area contributed by atoms with E-state index < -0.39 is 17.0 Å². The Balaban J connectivity index is 1.70. The quantitative estimate of drug-likeness (QED) is 0.892. The third-order valence-electron chi connectivity index (χ3n) is 5.38. The fourth-order valence-electron chi connectivity index (χ4n) is 3.95. The molecule has 1 aromatic rings. The number of amides is 3. The van der Waals surface area contributed by atoms with E-state index in [9.17, 15) is 18.4 Å². The Morgan fingerprint density at radius 3 is 2.85 bits per heavy atom. The number of benzene rings is 1. The molecule has 0 radical (unpaired) electrons. The van der Waals surface area contributed by atoms with Crippen LogP contribution in [0.3, 0.4) is 0 Å². The highest BCUT2D eigenvalue weighted by molar-refractivity contribution is 5.85. The van der Waals surface area contributed by atoms with Crippen molar-refractivity contribution in [3.63, 3.8) is 0 Å². The maximum absolute atomic E-state index is 14.0. The van der Waals surface area contributed by atoms with Gasteiger partial charge in [0.15, 0.2) is 11.6 Å². The van der Waals surface area contributed by atoms with Gasteiger partial charge in [-0.15, -0.1) is 0 Å². The standard InChI is InChI=1S/C19H25F2N3O2/c1-2-9-22-18(26)24-11-8-19(13-24)7-4-10-23(17(19)25)12-14-5-3-6-15(20)16(14)21/h3,5-6H,2,4,7-13H2,1H3,(H,22,26)/t19-/m0/s1. The normalized spacial score (nSPS) is 23.0. The Hall–Kier alpha value is -2.18. The van der Waals surface area contributed by atoms with Crippen LogP contribution in [-0.4, -0.2) is 47.9 Å². The van der Waals surface area contributed by atoms with Gasteiger partial charge in [0.05, 0.1) is 5.41 Å². The van der Waals surface area contributed by atoms with Gasteiger partial charge in [0, 0.05) is 38.3 Å². The SMILES string of the molecule is CCCNC(=O)N1CC[C@@]2(CCCN(Cc3cccc(F)c3F)C2=O)C1. The Bertz CT molecular complexity index is 697. The molecule has 142 valence electrons. The van der Waals surface area contributed by atoms with Gasteiger partial charge >= 0.3 is 6.03 Å². The van der Waals surface area contributed by atoms with Crippen LogP contribution < -0.4 is 5.32 Å². The zero-order valence-corrected chi connectivity index (χ0v) is 15.1. The van der Waals surface area contributed by atoms with E-state index in [0.717, 1.165) is 25.3 Å². The smallest absolute Gasteiger partial charge is 0.317 e. The minimum Gasteiger partial charge on any atom is -0.338 e. The monoisotopic (exact) mass is 365 g/mol. The minimum atomic E-state index is -0.902. The highest BCUT2D eigenvalue weighted by Crippen LogP contribution is 2.40. The molecular formula is C19H25F2N3O2. The van der Waals surface area contributed by atoms with Gasteiger partial charge in [-0.3, -0.25) is 4.79 Å². The molecule has 0 bridgehead atoms. The lowest BCUT2D eigenvalue weighted by molar-refractivity contribution is -0.146. The van der Waals surface area contributed by atoms with Crippen LogP contribution in [0.25, 0.3) is 0 Å². The molecule has 3 rings (SSSR count). The number of hydrogen-bond donors (Lipinski definition) is 1. The van der Waals surface area contributed by atoms with Crippen LogP contribution in [0.4, 0.5) is 13.6 Å². The summed E-state index contributed by atoms with van der Waals surface area (Å²) in [5, 5.41) is 2.85. The van der Waals surface area contributed by atoms with Crippen LogP contribution in [0.15, 0.2) is 18.2 Å². The molecule has 1 spiro atoms. The zero-order valence-electron chi connectivity index (χ0n) is 15.1. The van der Waals surface area contributed by atoms with E-state index in [-0.39, 0.29) is 24.0 Å². The number of urea groups is 1. The van der Waals surface area contributed by atoms with E-state index in [1.54, 1.807) is 9.80 Å². The zero-order chi connectivity index (χ0) is 18.7. The third kappa shape index (κ3) is 3.52. The summed E-state index contributed by atoms with van der Waals surface area (Å²) in [4.78, 5) is 28.6. The molecule has 2 aliphatic rings. The molecule has 2 aliphatic heterocycles. The number of carbonyl (C=O) groups is 2. The largest absolute Gasteiger partial charge is 0.338 e. The molecule has 1 aromatic carbocycles. The summed E-state index contributed by atoms with van der Waals surface area (Å²) in [7, 11) is 0. The molecule has 7 heteroatoms. The van der Waals surface area contributed by atoms with Crippen molar-refractivity contribution in [2.75, 3.05) is 26.2 Å². The van der Waals surface area contributed by atoms with Gasteiger partial charge in [-0.2, -0.15) is 0 Å². The number of rotatable bonds is 4. The molecule has 0 unspecified atom stereocenters. The molecule has 26 heavy (non-hydrogen) atoms. The van der Waals surface area contributed by atoms with Gasteiger partial charge in [0.2, 0.25) is 5.91 Å². The maximum atomic E-state index is 14.0. The lowest BCUT2D eigenvalue weighted by Crippen LogP contribution is -2.50. The lowest BCUT2D eigenvalue weighted by atomic mass is 9.78. The van der Waals surface area contributed by atoms with E-state index in [2.05, 4.69) is 5.32 Å². The Kier molecular flexibility index (Phi) is 5.44. The second-order valence-electron chi connectivity index (χ2n) is 7.23. The van der Waals surface area contributed by atoms with Crippen LogP contribution >= 0.6 is 0 Å². The Morgan fingerprint density at radius 2 is 2.08 bits per heavy atom. The number of nitrogens with zero attached hydrogens (tertiary/aromatic N) is 2. The number of halogens is 2. The lowest BCUT2D eigenvalue weighted by Gasteiger charge is -2.39. The predicted molar refractivity (Wildman–Crippen MR) is 93.3 cm³/mol. The van der Waals surface area contributed by atoms with Crippen molar-refractivity contribution in [1.29, 1.82) is 0 Å². The Morgan fingerprint density at radius 1 is 1.27 bits per heavy atom. The molecule has 0 aromatic heterocycles. The van der Waals surface area contributed by atoms with E-state index in [1.165, 1.54) is 12.1 Å². The summed E-state index contributed by atoms with van der Waals surface area (Å²) in [6.45, 7) is 4.12. The first-order chi connectivity index (χ1) is 12.5. The van der Waals surface area contributed by atoms with Gasteiger partial charge in [-0.05, 0) is 31.7 Å². The first-order valence-corrected chi connectivity index (χ1v) is 9.22. The van der Waals surface area contributed by atoms with Crippen LogP contribution in [-0.2, 0) is 11.3 Å². The second-order valence-corrected chi connectivity index (χ2v) is 7.23. The third-order valence-corrected chi connectivity index (χ3v) is 5.38. The highest BCUT2D eigenvalue weighted by Gasteiger charge is 2.49. The fourth-order valence-corrected chi connectivity index (χ4v) is 3.95. The molecule has 5 nitrogen and oxygen atoms in total. The van der Waals surface area contributed by atoms with E-state index in [1.807, 2.05) is 6.92 Å². The number of nitrogens with one attached hydrogen (secondary N) is 1. The topological polar surface area (TPSA) is 52.7 Å². The molecule has 1 atom stereocenters. The highest BCUT2D eigenvalue weighted by atomic mass is 19.2. The maximum Gasteiger partial charge on any atom is 0.317 e. The van der Waals surface area contributed by atoms with Crippen LogP contribution in [0, 0.1) is 17.0 Å². The van der Waals surface area contributed by atoms with Crippen LogP contribution in [0.2, 0.25) is 0 Å². The van der Waals surface area contributed by atoms with Crippen LogP contribution in [0.5, 0.6) is 0 Å². The van der Waals surface area contributed by atoms with Crippen molar-refractivity contribution >= 4 is 11.9 Å². The molecule has 3 amide bonds. The molecule has 0 aliphatic carbocycles. The average Bonchev–Trinajstić information content (AvgIpc) is 3.06. The summed E-state index contributed by atoms with van der Waals surface area (Å²) in [5.74, 6) is -1.86. The van der Waals surface area contributed by atoms with Gasteiger partial charge in [0.1, 0.15) is 0 Å². The summed E-state index contributed by atoms with van der Waals surface area (Å²) < 4.78 is 27.4. The van der Waals surface area contributed by atoms with Crippen molar-refractivity contribution in [3.8, 4) is 0 Å².